The Hall–Kier alpha value is -7.34. The van der Waals surface area contributed by atoms with E-state index < -0.39 is 104 Å². The average Bonchev–Trinajstić information content (AvgIpc) is 0.779. The smallest absolute Gasteiger partial charge is 0.251 e. The number of aliphatic hydroxyl groups excluding tert-OH is 7. The number of ether oxygens (including phenoxy) is 15. The van der Waals surface area contributed by atoms with E-state index in [0.29, 0.717) is 84.8 Å². The molecule has 720 valence electrons. The first-order chi connectivity index (χ1) is 60.5. The third kappa shape index (κ3) is 47.8. The summed E-state index contributed by atoms with van der Waals surface area (Å²) >= 11 is 0. The summed E-state index contributed by atoms with van der Waals surface area (Å²) in [6.07, 6.45) is -11.2. The number of hydrogen-bond acceptors (Lipinski definition) is 34. The molecule has 1 aliphatic carbocycles. The first kappa shape index (κ1) is 113. The number of nitrogens with one attached hydrogen (secondary N) is 6. The first-order valence-electron chi connectivity index (χ1n) is 43.2. The van der Waals surface area contributed by atoms with Crippen molar-refractivity contribution >= 4 is 64.4 Å². The molecule has 4 rings (SSSR count). The molecule has 3 aliphatic rings. The molecule has 1 aromatic rings. The molecule has 2 saturated heterocycles. The maximum absolute atomic E-state index is 13.6. The summed E-state index contributed by atoms with van der Waals surface area (Å²) in [6.45, 7) is 10.1. The Kier molecular flexibility index (Phi) is 60.7. The summed E-state index contributed by atoms with van der Waals surface area (Å²) in [4.78, 5) is 142. The Morgan fingerprint density at radius 3 is 1.48 bits per heavy atom. The minimum absolute atomic E-state index is 0.0172. The zero-order chi connectivity index (χ0) is 93.0. The van der Waals surface area contributed by atoms with Gasteiger partial charge in [0.05, 0.1) is 143 Å². The predicted octanol–water partition coefficient (Wildman–Crippen LogP) is -0.204. The maximum atomic E-state index is 13.6. The molecule has 1 aromatic carbocycles. The molecule has 2 aliphatic heterocycles. The molecule has 42 heteroatoms. The van der Waals surface area contributed by atoms with Crippen molar-refractivity contribution in [1.82, 2.24) is 31.9 Å². The van der Waals surface area contributed by atoms with E-state index in [1.54, 1.807) is 13.8 Å². The number of carbonyl (C=O) groups is 11. The van der Waals surface area contributed by atoms with Gasteiger partial charge in [-0.1, -0.05) is 25.4 Å². The van der Waals surface area contributed by atoms with Crippen LogP contribution in [0.2, 0.25) is 0 Å². The fourth-order valence-corrected chi connectivity index (χ4v) is 13.4. The quantitative estimate of drug-likeness (QED) is 0.0132. The summed E-state index contributed by atoms with van der Waals surface area (Å²) in [5, 5.41) is 91.2. The van der Waals surface area contributed by atoms with Gasteiger partial charge in [-0.3, -0.25) is 52.7 Å². The highest BCUT2D eigenvalue weighted by Crippen LogP contribution is 2.38. The molecule has 1 saturated carbocycles. The number of aliphatic hydroxyl groups is 7. The summed E-state index contributed by atoms with van der Waals surface area (Å²) < 4.78 is 83.2. The SMILES string of the molecule is CC(=O)C1CC(OCC2OC(C(C)C)C(O)C(O)C2O)C(OC2OC(CO)C(O)C(O)C2O)CC1C(C)=O.COCCNC(=O)CCOCC(COCCC(=O)NCCOC)CC(=O)CCOCCNC(=O)c1cc(OCCCC(=O)CCCCCN=[N+]=[N-])cc(C(=O)CCCOCCC(=O)NC(COCCC(=O)NCCOC)COCCC(=O)NCCOC)c1. The molecular formula is C84H141N9O33. The van der Waals surface area contributed by atoms with Crippen LogP contribution in [0.25, 0.3) is 10.4 Å². The first-order valence-corrected chi connectivity index (χ1v) is 43.2. The Balaban J connectivity index is 0.000000887. The van der Waals surface area contributed by atoms with Crippen LogP contribution >= 0.6 is 0 Å². The third-order valence-corrected chi connectivity index (χ3v) is 20.4. The summed E-state index contributed by atoms with van der Waals surface area (Å²) in [6, 6.07) is 3.90. The molecule has 6 amide bonds. The van der Waals surface area contributed by atoms with Crippen molar-refractivity contribution in [3.8, 4) is 5.75 Å². The highest BCUT2D eigenvalue weighted by atomic mass is 16.7. The van der Waals surface area contributed by atoms with Crippen molar-refractivity contribution in [2.24, 2.45) is 28.8 Å². The molecule has 13 N–H and O–H groups in total. The molecule has 126 heavy (non-hydrogen) atoms. The standard InChI is InChI=1S/C59H99N9O20.C25H42O13/c1-78-33-20-61-54(72)14-29-84-42-46(43-85-30-15-55(73)62-21-34-79-2)38-51(70)13-27-83-37-24-65-59(77)48-39-47(40-52(41-48)88-26-8-11-50(69)10-6-5-7-19-66-68-60)53(71)12-9-25-82-28-18-58(76)67-49(44-86-31-16-56(74)63-22-35-80-3)45-87-32-17-57(75)64-23-36-81-4;1-9(2)24-22(33)20(31)19(30)17(36-24)8-35-14-5-12(10(3)27)13(11(4)28)6-15(14)37-25-23(34)21(32)18(29)16(7-26)38-25/h39-41,46,49H,5-38,42-45H2,1-4H3,(H,61,72)(H,62,73)(H,63,74)(H,64,75)(H,65,77)(H,67,76);9,12-26,29-34H,5-8H2,1-4H3. The lowest BCUT2D eigenvalue weighted by Crippen LogP contribution is -2.61. The van der Waals surface area contributed by atoms with Gasteiger partial charge in [-0.25, -0.2) is 0 Å². The highest BCUT2D eigenvalue weighted by molar-refractivity contribution is 6.01. The number of hydrogen-bond donors (Lipinski definition) is 13. The minimum Gasteiger partial charge on any atom is -0.494 e. The van der Waals surface area contributed by atoms with Crippen molar-refractivity contribution in [3.05, 3.63) is 39.8 Å². The fourth-order valence-electron chi connectivity index (χ4n) is 13.4. The van der Waals surface area contributed by atoms with Gasteiger partial charge in [0.25, 0.3) is 5.91 Å². The van der Waals surface area contributed by atoms with Crippen LogP contribution in [0.15, 0.2) is 23.3 Å². The fraction of sp³-hybridized carbons (Fsp3) is 0.798. The van der Waals surface area contributed by atoms with Gasteiger partial charge in [-0.05, 0) is 82.0 Å². The Morgan fingerprint density at radius 2 is 0.952 bits per heavy atom. The van der Waals surface area contributed by atoms with Crippen molar-refractivity contribution in [3.63, 3.8) is 0 Å². The Bertz CT molecular complexity index is 3180. The molecule has 2 heterocycles. The van der Waals surface area contributed by atoms with E-state index in [-0.39, 0.29) is 263 Å². The van der Waals surface area contributed by atoms with E-state index in [9.17, 15) is 88.5 Å². The Morgan fingerprint density at radius 1 is 0.476 bits per heavy atom. The van der Waals surface area contributed by atoms with Crippen molar-refractivity contribution in [1.29, 1.82) is 0 Å². The zero-order valence-electron chi connectivity index (χ0n) is 74.3. The number of Topliss-reactive ketones (excluding diaryl/α,β-unsaturated/α-hetero) is 5. The van der Waals surface area contributed by atoms with Crippen LogP contribution in [0, 0.1) is 23.7 Å². The highest BCUT2D eigenvalue weighted by Gasteiger charge is 2.50. The largest absolute Gasteiger partial charge is 0.494 e. The average molecular weight is 1810 g/mol. The van der Waals surface area contributed by atoms with Crippen molar-refractivity contribution in [2.75, 3.05) is 193 Å². The normalized spacial score (nSPS) is 21.6. The zero-order valence-corrected chi connectivity index (χ0v) is 74.3. The van der Waals surface area contributed by atoms with Crippen LogP contribution in [-0.4, -0.2) is 373 Å². The van der Waals surface area contributed by atoms with E-state index in [4.69, 9.17) is 76.6 Å². The van der Waals surface area contributed by atoms with Crippen LogP contribution < -0.4 is 36.6 Å². The van der Waals surface area contributed by atoms with E-state index in [1.807, 2.05) is 0 Å². The van der Waals surface area contributed by atoms with Gasteiger partial charge in [0, 0.05) is 172 Å². The molecule has 0 radical (unpaired) electrons. The second-order valence-electron chi connectivity index (χ2n) is 31.1. The number of carbonyl (C=O) groups excluding carboxylic acids is 11. The lowest BCUT2D eigenvalue weighted by atomic mass is 9.73. The van der Waals surface area contributed by atoms with E-state index >= 15 is 0 Å². The molecule has 3 fully saturated rings. The number of methoxy groups -OCH3 is 4. The second-order valence-corrected chi connectivity index (χ2v) is 31.1. The van der Waals surface area contributed by atoms with E-state index in [1.165, 1.54) is 60.5 Å². The molecule has 0 bridgehead atoms. The maximum Gasteiger partial charge on any atom is 0.251 e. The molecule has 14 atom stereocenters. The van der Waals surface area contributed by atoms with Gasteiger partial charge >= 0.3 is 0 Å². The van der Waals surface area contributed by atoms with Gasteiger partial charge in [0.1, 0.15) is 77.7 Å². The van der Waals surface area contributed by atoms with Gasteiger partial charge in [-0.15, -0.1) is 0 Å². The lowest BCUT2D eigenvalue weighted by Gasteiger charge is -2.46. The van der Waals surface area contributed by atoms with Gasteiger partial charge in [-0.2, -0.15) is 0 Å². The van der Waals surface area contributed by atoms with Crippen LogP contribution in [-0.2, 0) is 109 Å². The van der Waals surface area contributed by atoms with Crippen molar-refractivity contribution in [2.45, 2.75) is 216 Å². The number of rotatable bonds is 70. The topological polar surface area (TPSA) is 589 Å². The van der Waals surface area contributed by atoms with E-state index in [0.717, 1.165) is 6.42 Å². The monoisotopic (exact) mass is 1800 g/mol. The number of nitrogens with zero attached hydrogens (tertiary/aromatic N) is 3. The molecule has 14 unspecified atom stereocenters. The van der Waals surface area contributed by atoms with Gasteiger partial charge in [0.15, 0.2) is 12.1 Å². The number of benzene rings is 1. The summed E-state index contributed by atoms with van der Waals surface area (Å²) in [7, 11) is 6.14. The molecule has 0 aromatic heterocycles. The molecular weight excluding hydrogens is 1660 g/mol. The van der Waals surface area contributed by atoms with Gasteiger partial charge < -0.3 is 139 Å². The van der Waals surface area contributed by atoms with Crippen molar-refractivity contribution < 1.29 is 160 Å². The summed E-state index contributed by atoms with van der Waals surface area (Å²) in [5.41, 5.74) is 8.80. The van der Waals surface area contributed by atoms with Gasteiger partial charge in [0.2, 0.25) is 29.5 Å². The predicted molar refractivity (Wildman–Crippen MR) is 449 cm³/mol. The molecule has 42 nitrogen and oxygen atoms in total. The van der Waals surface area contributed by atoms with Crippen LogP contribution in [0.3, 0.4) is 0 Å². The molecule has 0 spiro atoms. The van der Waals surface area contributed by atoms with E-state index in [2.05, 4.69) is 41.9 Å². The van der Waals surface area contributed by atoms with Crippen LogP contribution in [0.4, 0.5) is 0 Å². The minimum atomic E-state index is -1.68. The number of azide groups is 1. The summed E-state index contributed by atoms with van der Waals surface area (Å²) in [5.74, 6) is -4.18. The number of amides is 6. The third-order valence-electron chi connectivity index (χ3n) is 20.4. The van der Waals surface area contributed by atoms with Crippen LogP contribution in [0.5, 0.6) is 5.75 Å². The second kappa shape index (κ2) is 67.8. The Labute approximate surface area is 736 Å². The van der Waals surface area contributed by atoms with Crippen LogP contribution in [0.1, 0.15) is 158 Å². The lowest BCUT2D eigenvalue weighted by molar-refractivity contribution is -0.323. The number of ketones is 5. The number of unbranched alkanes of at least 4 members (excludes halogenated alkanes) is 2.